The molecule has 0 aromatic rings. The lowest BCUT2D eigenvalue weighted by Gasteiger charge is -2.47. The first-order chi connectivity index (χ1) is 9.53. The molecule has 1 saturated carbocycles. The molecule has 3 aliphatic rings. The van der Waals surface area contributed by atoms with Gasteiger partial charge in [-0.05, 0) is 46.0 Å². The van der Waals surface area contributed by atoms with E-state index in [9.17, 15) is 0 Å². The van der Waals surface area contributed by atoms with E-state index in [-0.39, 0.29) is 11.1 Å². The van der Waals surface area contributed by atoms with Crippen molar-refractivity contribution >= 4 is 0 Å². The number of nitrogens with one attached hydrogen (secondary N) is 1. The minimum atomic E-state index is 0.264. The quantitative estimate of drug-likeness (QED) is 0.860. The molecule has 3 nitrogen and oxygen atoms in total. The molecule has 20 heavy (non-hydrogen) atoms. The van der Waals surface area contributed by atoms with Crippen LogP contribution in [-0.4, -0.2) is 47.8 Å². The third-order valence-corrected chi connectivity index (χ3v) is 5.89. The molecule has 2 saturated heterocycles. The summed E-state index contributed by atoms with van der Waals surface area (Å²) in [7, 11) is 0. The van der Waals surface area contributed by atoms with Gasteiger partial charge in [-0.15, -0.1) is 0 Å². The van der Waals surface area contributed by atoms with Gasteiger partial charge in [-0.3, -0.25) is 4.90 Å². The molecule has 2 heterocycles. The lowest BCUT2D eigenvalue weighted by molar-refractivity contribution is -0.0636. The zero-order chi connectivity index (χ0) is 14.2. The van der Waals surface area contributed by atoms with Gasteiger partial charge in [-0.1, -0.05) is 19.8 Å². The molecule has 0 aromatic heterocycles. The Kier molecular flexibility index (Phi) is 4.13. The third kappa shape index (κ3) is 2.90. The van der Waals surface area contributed by atoms with Gasteiger partial charge in [0.25, 0.3) is 0 Å². The average Bonchev–Trinajstić information content (AvgIpc) is 3.03. The number of ether oxygens (including phenoxy) is 1. The lowest BCUT2D eigenvalue weighted by atomic mass is 9.95. The van der Waals surface area contributed by atoms with Crippen molar-refractivity contribution in [3.05, 3.63) is 0 Å². The summed E-state index contributed by atoms with van der Waals surface area (Å²) in [5, 5.41) is 3.68. The van der Waals surface area contributed by atoms with Gasteiger partial charge < -0.3 is 10.1 Å². The Morgan fingerprint density at radius 3 is 2.65 bits per heavy atom. The van der Waals surface area contributed by atoms with Crippen molar-refractivity contribution in [3.63, 3.8) is 0 Å². The number of nitrogens with zero attached hydrogens (tertiary/aromatic N) is 1. The van der Waals surface area contributed by atoms with Gasteiger partial charge in [0.2, 0.25) is 0 Å². The molecule has 0 radical (unpaired) electrons. The summed E-state index contributed by atoms with van der Waals surface area (Å²) in [5.74, 6) is 0. The molecule has 2 aliphatic heterocycles. The van der Waals surface area contributed by atoms with Gasteiger partial charge in [-0.25, -0.2) is 0 Å². The van der Waals surface area contributed by atoms with E-state index < -0.39 is 0 Å². The van der Waals surface area contributed by atoms with Crippen LogP contribution >= 0.6 is 0 Å². The largest absolute Gasteiger partial charge is 0.370 e. The van der Waals surface area contributed by atoms with E-state index in [1.165, 1.54) is 51.5 Å². The second-order valence-corrected chi connectivity index (χ2v) is 7.87. The number of rotatable bonds is 3. The summed E-state index contributed by atoms with van der Waals surface area (Å²) >= 11 is 0. The molecule has 0 amide bonds. The van der Waals surface area contributed by atoms with E-state index in [0.717, 1.165) is 13.1 Å². The van der Waals surface area contributed by atoms with E-state index in [1.54, 1.807) is 0 Å². The van der Waals surface area contributed by atoms with Crippen molar-refractivity contribution in [1.82, 2.24) is 10.2 Å². The maximum atomic E-state index is 6.51. The van der Waals surface area contributed by atoms with Crippen LogP contribution in [0.5, 0.6) is 0 Å². The molecule has 116 valence electrons. The molecule has 2 unspecified atom stereocenters. The van der Waals surface area contributed by atoms with Crippen molar-refractivity contribution in [2.24, 2.45) is 0 Å². The first-order valence-electron chi connectivity index (χ1n) is 8.69. The van der Waals surface area contributed by atoms with Crippen LogP contribution in [0, 0.1) is 0 Å². The van der Waals surface area contributed by atoms with Crippen LogP contribution in [0.3, 0.4) is 0 Å². The lowest BCUT2D eigenvalue weighted by Crippen LogP contribution is -2.63. The Morgan fingerprint density at radius 2 is 1.95 bits per heavy atom. The Morgan fingerprint density at radius 1 is 1.20 bits per heavy atom. The highest BCUT2D eigenvalue weighted by Crippen LogP contribution is 2.43. The molecule has 3 rings (SSSR count). The highest BCUT2D eigenvalue weighted by Gasteiger charge is 2.44. The van der Waals surface area contributed by atoms with Gasteiger partial charge in [0, 0.05) is 31.2 Å². The molecule has 0 bridgehead atoms. The average molecular weight is 280 g/mol. The van der Waals surface area contributed by atoms with Crippen molar-refractivity contribution < 1.29 is 4.74 Å². The van der Waals surface area contributed by atoms with E-state index in [4.69, 9.17) is 4.74 Å². The molecule has 3 fully saturated rings. The van der Waals surface area contributed by atoms with Gasteiger partial charge >= 0.3 is 0 Å². The Hall–Kier alpha value is -0.120. The summed E-state index contributed by atoms with van der Waals surface area (Å²) in [6, 6.07) is 0.657. The predicted molar refractivity (Wildman–Crippen MR) is 83.0 cm³/mol. The smallest absolute Gasteiger partial charge is 0.0710 e. The summed E-state index contributed by atoms with van der Waals surface area (Å²) in [6.45, 7) is 10.4. The molecule has 1 N–H and O–H groups in total. The van der Waals surface area contributed by atoms with E-state index in [2.05, 4.69) is 31.0 Å². The van der Waals surface area contributed by atoms with Crippen LogP contribution in [0.25, 0.3) is 0 Å². The van der Waals surface area contributed by atoms with Crippen LogP contribution in [0.1, 0.15) is 65.7 Å². The molecular formula is C17H32N2O. The SMILES string of the molecule is CCC1CN(CC2CCC3(CCCC3)O2)C(C)(C)CN1. The van der Waals surface area contributed by atoms with Gasteiger partial charge in [-0.2, -0.15) is 0 Å². The van der Waals surface area contributed by atoms with E-state index in [0.29, 0.717) is 12.1 Å². The molecule has 2 atom stereocenters. The Balaban J connectivity index is 1.59. The second-order valence-electron chi connectivity index (χ2n) is 7.87. The minimum Gasteiger partial charge on any atom is -0.370 e. The predicted octanol–water partition coefficient (Wildman–Crippen LogP) is 2.94. The monoisotopic (exact) mass is 280 g/mol. The van der Waals surface area contributed by atoms with Gasteiger partial charge in [0.05, 0.1) is 11.7 Å². The van der Waals surface area contributed by atoms with E-state index in [1.807, 2.05) is 0 Å². The second kappa shape index (κ2) is 5.58. The maximum absolute atomic E-state index is 6.51. The molecule has 1 aliphatic carbocycles. The normalized spacial score (nSPS) is 36.8. The maximum Gasteiger partial charge on any atom is 0.0710 e. The van der Waals surface area contributed by atoms with E-state index >= 15 is 0 Å². The fraction of sp³-hybridized carbons (Fsp3) is 1.00. The highest BCUT2D eigenvalue weighted by atomic mass is 16.5. The zero-order valence-corrected chi connectivity index (χ0v) is 13.6. The molecule has 3 heteroatoms. The van der Waals surface area contributed by atoms with Crippen molar-refractivity contribution in [1.29, 1.82) is 0 Å². The molecular weight excluding hydrogens is 248 g/mol. The van der Waals surface area contributed by atoms with Gasteiger partial charge in [0.15, 0.2) is 0 Å². The fourth-order valence-electron chi connectivity index (χ4n) is 4.34. The summed E-state index contributed by atoms with van der Waals surface area (Å²) in [6.07, 6.45) is 9.66. The summed E-state index contributed by atoms with van der Waals surface area (Å²) in [4.78, 5) is 2.68. The highest BCUT2D eigenvalue weighted by molar-refractivity contribution is 4.97. The topological polar surface area (TPSA) is 24.5 Å². The van der Waals surface area contributed by atoms with Crippen LogP contribution < -0.4 is 5.32 Å². The van der Waals surface area contributed by atoms with Crippen molar-refractivity contribution in [3.8, 4) is 0 Å². The van der Waals surface area contributed by atoms with Crippen LogP contribution in [0.4, 0.5) is 0 Å². The zero-order valence-electron chi connectivity index (χ0n) is 13.6. The Labute approximate surface area is 124 Å². The third-order valence-electron chi connectivity index (χ3n) is 5.89. The number of hydrogen-bond donors (Lipinski definition) is 1. The fourth-order valence-corrected chi connectivity index (χ4v) is 4.34. The van der Waals surface area contributed by atoms with Crippen LogP contribution in [0.15, 0.2) is 0 Å². The van der Waals surface area contributed by atoms with Crippen LogP contribution in [0.2, 0.25) is 0 Å². The Bertz CT molecular complexity index is 336. The summed E-state index contributed by atoms with van der Waals surface area (Å²) < 4.78 is 6.51. The first-order valence-corrected chi connectivity index (χ1v) is 8.69. The van der Waals surface area contributed by atoms with Crippen LogP contribution in [-0.2, 0) is 4.74 Å². The number of piperazine rings is 1. The number of hydrogen-bond acceptors (Lipinski definition) is 3. The van der Waals surface area contributed by atoms with Gasteiger partial charge in [0.1, 0.15) is 0 Å². The standard InChI is InChI=1S/C17H32N2O/c1-4-14-11-19(16(2,3)13-18-14)12-15-7-10-17(20-15)8-5-6-9-17/h14-15,18H,4-13H2,1-3H3. The first kappa shape index (κ1) is 14.8. The van der Waals surface area contributed by atoms with Crippen molar-refractivity contribution in [2.75, 3.05) is 19.6 Å². The minimum absolute atomic E-state index is 0.264. The molecule has 1 spiro atoms. The summed E-state index contributed by atoms with van der Waals surface area (Å²) in [5.41, 5.74) is 0.549. The molecule has 0 aromatic carbocycles. The van der Waals surface area contributed by atoms with Crippen molar-refractivity contribution in [2.45, 2.75) is 89.0 Å².